The molecule has 0 bridgehead atoms. The molecular formula is C14H27N3O7P2. The van der Waals surface area contributed by atoms with Gasteiger partial charge in [0.15, 0.2) is 0 Å². The molecule has 0 aliphatic rings. The van der Waals surface area contributed by atoms with Crippen molar-refractivity contribution in [3.05, 3.63) is 11.9 Å². The lowest BCUT2D eigenvalue weighted by Gasteiger charge is -2.30. The Balaban J connectivity index is 2.41. The van der Waals surface area contributed by atoms with Crippen LogP contribution in [0.3, 0.4) is 0 Å². The smallest absolute Gasteiger partial charge is 0.366 e. The molecule has 0 radical (unpaired) electrons. The van der Waals surface area contributed by atoms with Gasteiger partial charge in [0.25, 0.3) is 0 Å². The molecule has 0 aromatic carbocycles. The van der Waals surface area contributed by atoms with Crippen molar-refractivity contribution in [2.75, 3.05) is 6.66 Å². The highest BCUT2D eigenvalue weighted by Crippen LogP contribution is 2.69. The molecule has 12 heteroatoms. The molecule has 2 unspecified atom stereocenters. The van der Waals surface area contributed by atoms with Gasteiger partial charge in [-0.15, -0.1) is 5.10 Å². The van der Waals surface area contributed by atoms with Gasteiger partial charge in [-0.2, -0.15) is 0 Å². The minimum absolute atomic E-state index is 0.0401. The maximum absolute atomic E-state index is 11.9. The van der Waals surface area contributed by atoms with E-state index in [4.69, 9.17) is 0 Å². The van der Waals surface area contributed by atoms with Crippen LogP contribution in [0.25, 0.3) is 0 Å². The van der Waals surface area contributed by atoms with E-state index >= 15 is 0 Å². The van der Waals surface area contributed by atoms with Crippen LogP contribution in [0.5, 0.6) is 0 Å². The molecule has 0 amide bonds. The maximum atomic E-state index is 11.9. The van der Waals surface area contributed by atoms with Gasteiger partial charge >= 0.3 is 7.60 Å². The molecule has 10 nitrogen and oxygen atoms in total. The average Bonchev–Trinajstić information content (AvgIpc) is 2.95. The zero-order valence-electron chi connectivity index (χ0n) is 15.0. The number of Topliss-reactive ketones (excluding diaryl/α,β-unsaturated/α-hetero) is 1. The highest BCUT2D eigenvalue weighted by atomic mass is 31.2. The predicted molar refractivity (Wildman–Crippen MR) is 94.9 cm³/mol. The Bertz CT molecular complexity index is 672. The van der Waals surface area contributed by atoms with Crippen molar-refractivity contribution >= 4 is 20.7 Å². The molecule has 0 saturated heterocycles. The number of unbranched alkanes of at least 4 members (excludes halogenated alkanes) is 1. The molecule has 4 N–H and O–H groups in total. The van der Waals surface area contributed by atoms with Gasteiger partial charge in [-0.1, -0.05) is 12.1 Å². The van der Waals surface area contributed by atoms with Crippen molar-refractivity contribution in [2.45, 2.75) is 63.5 Å². The van der Waals surface area contributed by atoms with Gasteiger partial charge in [-0.3, -0.25) is 18.6 Å². The van der Waals surface area contributed by atoms with E-state index in [-0.39, 0.29) is 31.5 Å². The van der Waals surface area contributed by atoms with Crippen molar-refractivity contribution in [3.8, 4) is 0 Å². The minimum Gasteiger partial charge on any atom is -0.369 e. The standard InChI is InChI=1S/C14H27N3O7P2/c1-3-10-17-11-12(15-16-17)7-8-13(18)6-4-5-9-14(19,25(2,20)21)26(22,23)24/h11,19H,3-10H2,1-2H3,(H,20,21)(H2,22,23,24). The van der Waals surface area contributed by atoms with Crippen LogP contribution in [0.15, 0.2) is 6.20 Å². The number of carbonyl (C=O) groups excluding carboxylic acids is 1. The van der Waals surface area contributed by atoms with E-state index < -0.39 is 26.5 Å². The van der Waals surface area contributed by atoms with Gasteiger partial charge in [-0.05, 0) is 32.1 Å². The van der Waals surface area contributed by atoms with E-state index in [0.717, 1.165) is 18.7 Å². The second kappa shape index (κ2) is 9.35. The van der Waals surface area contributed by atoms with Crippen LogP contribution in [0.2, 0.25) is 0 Å². The van der Waals surface area contributed by atoms with Crippen LogP contribution in [0, 0.1) is 0 Å². The Kier molecular flexibility index (Phi) is 8.33. The third kappa shape index (κ3) is 6.37. The molecule has 1 heterocycles. The SMILES string of the molecule is CCCn1cc(CCC(=O)CCCCC(O)(P(C)(=O)O)P(=O)(O)O)nn1. The van der Waals surface area contributed by atoms with Crippen LogP contribution < -0.4 is 0 Å². The van der Waals surface area contributed by atoms with E-state index in [1.54, 1.807) is 10.9 Å². The molecule has 0 aliphatic carbocycles. The molecule has 0 saturated carbocycles. The summed E-state index contributed by atoms with van der Waals surface area (Å²) in [6.45, 7) is 3.49. The van der Waals surface area contributed by atoms with E-state index in [2.05, 4.69) is 10.3 Å². The van der Waals surface area contributed by atoms with Gasteiger partial charge in [-0.25, -0.2) is 0 Å². The molecule has 0 spiro atoms. The maximum Gasteiger partial charge on any atom is 0.366 e. The fourth-order valence-corrected chi connectivity index (χ4v) is 5.42. The first-order valence-corrected chi connectivity index (χ1v) is 12.1. The summed E-state index contributed by atoms with van der Waals surface area (Å²) < 4.78 is 24.7. The second-order valence-electron chi connectivity index (χ2n) is 6.42. The molecule has 1 aromatic heterocycles. The first-order valence-electron chi connectivity index (χ1n) is 8.40. The molecule has 26 heavy (non-hydrogen) atoms. The summed E-state index contributed by atoms with van der Waals surface area (Å²) in [7, 11) is -9.63. The Morgan fingerprint density at radius 2 is 1.88 bits per heavy atom. The number of aromatic nitrogens is 3. The number of carbonyl (C=O) groups is 1. The normalized spacial score (nSPS) is 16.8. The van der Waals surface area contributed by atoms with Gasteiger partial charge < -0.3 is 19.8 Å². The third-order valence-electron chi connectivity index (χ3n) is 4.05. The lowest BCUT2D eigenvalue weighted by Crippen LogP contribution is -2.28. The summed E-state index contributed by atoms with van der Waals surface area (Å²) in [5.74, 6) is -0.0570. The van der Waals surface area contributed by atoms with Crippen LogP contribution in [-0.2, 0) is 26.9 Å². The third-order valence-corrected chi connectivity index (χ3v) is 8.65. The van der Waals surface area contributed by atoms with Gasteiger partial charge in [0.1, 0.15) is 5.78 Å². The van der Waals surface area contributed by atoms with Gasteiger partial charge in [0, 0.05) is 32.2 Å². The molecule has 0 fully saturated rings. The minimum atomic E-state index is -5.19. The number of hydrogen-bond acceptors (Lipinski definition) is 6. The summed E-state index contributed by atoms with van der Waals surface area (Å²) in [6.07, 6.45) is 3.33. The number of nitrogens with zero attached hydrogens (tertiary/aromatic N) is 3. The van der Waals surface area contributed by atoms with Crippen molar-refractivity contribution in [1.29, 1.82) is 0 Å². The van der Waals surface area contributed by atoms with Crippen LogP contribution >= 0.6 is 15.0 Å². The molecular weight excluding hydrogens is 384 g/mol. The number of aliphatic hydroxyl groups is 1. The Labute approximate surface area is 152 Å². The largest absolute Gasteiger partial charge is 0.369 e. The fourth-order valence-electron chi connectivity index (χ4n) is 2.46. The zero-order chi connectivity index (χ0) is 20.0. The number of ketones is 1. The summed E-state index contributed by atoms with van der Waals surface area (Å²) in [5, 5.41) is 14.9. The lowest BCUT2D eigenvalue weighted by atomic mass is 10.1. The first kappa shape index (κ1) is 23.1. The first-order chi connectivity index (χ1) is 11.9. The summed E-state index contributed by atoms with van der Waals surface area (Å²) in [4.78, 5) is 39.7. The van der Waals surface area contributed by atoms with Crippen LogP contribution in [0.4, 0.5) is 0 Å². The van der Waals surface area contributed by atoms with Gasteiger partial charge in [0.05, 0.1) is 5.69 Å². The van der Waals surface area contributed by atoms with E-state index in [0.29, 0.717) is 13.1 Å². The molecule has 1 aromatic rings. The van der Waals surface area contributed by atoms with Crippen molar-refractivity contribution in [2.24, 2.45) is 0 Å². The summed E-state index contributed by atoms with van der Waals surface area (Å²) in [5.41, 5.74) is 0.717. The lowest BCUT2D eigenvalue weighted by molar-refractivity contribution is -0.119. The van der Waals surface area contributed by atoms with Crippen molar-refractivity contribution in [1.82, 2.24) is 15.0 Å². The summed E-state index contributed by atoms with van der Waals surface area (Å²) in [6, 6.07) is 0. The van der Waals surface area contributed by atoms with Gasteiger partial charge in [0.2, 0.25) is 12.5 Å². The molecule has 1 rings (SSSR count). The molecule has 0 aliphatic heterocycles. The van der Waals surface area contributed by atoms with E-state index in [1.807, 2.05) is 6.92 Å². The zero-order valence-corrected chi connectivity index (χ0v) is 16.8. The molecule has 2 atom stereocenters. The highest BCUT2D eigenvalue weighted by Gasteiger charge is 2.55. The van der Waals surface area contributed by atoms with E-state index in [1.165, 1.54) is 0 Å². The number of aryl methyl sites for hydroxylation is 2. The van der Waals surface area contributed by atoms with E-state index in [9.17, 15) is 33.7 Å². The fraction of sp³-hybridized carbons (Fsp3) is 0.786. The number of rotatable bonds is 12. The highest BCUT2D eigenvalue weighted by molar-refractivity contribution is 7.74. The second-order valence-corrected chi connectivity index (χ2v) is 11.1. The Hall–Kier alpha value is -0.890. The van der Waals surface area contributed by atoms with Crippen LogP contribution in [-0.4, -0.2) is 52.3 Å². The average molecular weight is 411 g/mol. The van der Waals surface area contributed by atoms with Crippen molar-refractivity contribution in [3.63, 3.8) is 0 Å². The Morgan fingerprint density at radius 3 is 2.42 bits per heavy atom. The predicted octanol–water partition coefficient (Wildman–Crippen LogP) is 1.47. The summed E-state index contributed by atoms with van der Waals surface area (Å²) >= 11 is 0. The quantitative estimate of drug-likeness (QED) is 0.295. The van der Waals surface area contributed by atoms with Crippen molar-refractivity contribution < 1.29 is 33.7 Å². The Morgan fingerprint density at radius 1 is 1.23 bits per heavy atom. The molecule has 150 valence electrons. The van der Waals surface area contributed by atoms with Crippen LogP contribution in [0.1, 0.15) is 51.1 Å². The monoisotopic (exact) mass is 411 g/mol. The number of hydrogen-bond donors (Lipinski definition) is 4. The topological polar surface area (TPSA) is 163 Å².